The second-order valence-corrected chi connectivity index (χ2v) is 3.15. The van der Waals surface area contributed by atoms with Crippen molar-refractivity contribution in [3.8, 4) is 17.4 Å². The van der Waals surface area contributed by atoms with Gasteiger partial charge in [0.05, 0.1) is 12.8 Å². The quantitative estimate of drug-likeness (QED) is 0.778. The highest BCUT2D eigenvalue weighted by molar-refractivity contribution is 6.31. The molecule has 1 N–H and O–H groups in total. The molecule has 0 unspecified atom stereocenters. The van der Waals surface area contributed by atoms with Gasteiger partial charge in [0.2, 0.25) is 0 Å². The van der Waals surface area contributed by atoms with Crippen molar-refractivity contribution in [2.24, 2.45) is 0 Å². The van der Waals surface area contributed by atoms with Crippen LogP contribution in [-0.2, 0) is 0 Å². The summed E-state index contributed by atoms with van der Waals surface area (Å²) in [6.45, 7) is 1.78. The van der Waals surface area contributed by atoms with Crippen molar-refractivity contribution < 1.29 is 4.74 Å². The van der Waals surface area contributed by atoms with Crippen LogP contribution in [-0.4, -0.2) is 32.3 Å². The van der Waals surface area contributed by atoms with Crippen LogP contribution in [0.15, 0.2) is 6.33 Å². The number of rotatable bonds is 2. The number of methoxy groups -OCH3 is 1. The summed E-state index contributed by atoms with van der Waals surface area (Å²) < 4.78 is 5.04. The monoisotopic (exact) mass is 225 g/mol. The van der Waals surface area contributed by atoms with Crippen molar-refractivity contribution >= 4 is 11.6 Å². The highest BCUT2D eigenvalue weighted by atomic mass is 35.5. The van der Waals surface area contributed by atoms with E-state index in [9.17, 15) is 0 Å². The third-order valence-electron chi connectivity index (χ3n) is 1.82. The first-order chi connectivity index (χ1) is 7.22. The Hall–Kier alpha value is -1.69. The largest absolute Gasteiger partial charge is 0.492 e. The Kier molecular flexibility index (Phi) is 2.51. The van der Waals surface area contributed by atoms with Crippen LogP contribution in [0.1, 0.15) is 5.69 Å². The molecule has 0 bridgehead atoms. The van der Waals surface area contributed by atoms with E-state index in [1.165, 1.54) is 13.4 Å². The lowest BCUT2D eigenvalue weighted by Crippen LogP contribution is -1.98. The lowest BCUT2D eigenvalue weighted by molar-refractivity contribution is 0.407. The van der Waals surface area contributed by atoms with E-state index in [2.05, 4.69) is 25.1 Å². The maximum absolute atomic E-state index is 5.91. The van der Waals surface area contributed by atoms with E-state index in [0.717, 1.165) is 0 Å². The molecule has 0 amide bonds. The van der Waals surface area contributed by atoms with Gasteiger partial charge in [0.25, 0.3) is 0 Å². The van der Waals surface area contributed by atoms with Crippen LogP contribution in [0.5, 0.6) is 5.75 Å². The van der Waals surface area contributed by atoms with Gasteiger partial charge in [-0.15, -0.1) is 0 Å². The predicted molar refractivity (Wildman–Crippen MR) is 53.7 cm³/mol. The molecule has 2 rings (SSSR count). The van der Waals surface area contributed by atoms with E-state index < -0.39 is 0 Å². The normalized spacial score (nSPS) is 10.3. The maximum atomic E-state index is 5.91. The first kappa shape index (κ1) is 9.85. The molecule has 7 heteroatoms. The molecule has 0 aliphatic heterocycles. The van der Waals surface area contributed by atoms with Gasteiger partial charge < -0.3 is 4.74 Å². The fourth-order valence-corrected chi connectivity index (χ4v) is 1.47. The van der Waals surface area contributed by atoms with E-state index in [1.54, 1.807) is 6.92 Å². The fourth-order valence-electron chi connectivity index (χ4n) is 1.18. The maximum Gasteiger partial charge on any atom is 0.199 e. The molecule has 0 saturated heterocycles. The van der Waals surface area contributed by atoms with Gasteiger partial charge in [0, 0.05) is 0 Å². The van der Waals surface area contributed by atoms with Crippen molar-refractivity contribution in [2.45, 2.75) is 6.92 Å². The molecule has 0 saturated carbocycles. The van der Waals surface area contributed by atoms with Gasteiger partial charge in [0.1, 0.15) is 6.33 Å². The van der Waals surface area contributed by atoms with E-state index in [0.29, 0.717) is 23.1 Å². The fraction of sp³-hybridized carbons (Fsp3) is 0.250. The Morgan fingerprint density at radius 1 is 1.40 bits per heavy atom. The van der Waals surface area contributed by atoms with Gasteiger partial charge in [-0.1, -0.05) is 11.6 Å². The lowest BCUT2D eigenvalue weighted by Gasteiger charge is -2.06. The number of nitrogens with zero attached hydrogens (tertiary/aromatic N) is 4. The molecule has 2 aromatic heterocycles. The number of hydrogen-bond donors (Lipinski definition) is 1. The van der Waals surface area contributed by atoms with Gasteiger partial charge in [-0.3, -0.25) is 5.10 Å². The summed E-state index contributed by atoms with van der Waals surface area (Å²) in [5.74, 6) is 1.35. The van der Waals surface area contributed by atoms with Gasteiger partial charge in [-0.05, 0) is 6.92 Å². The number of aryl methyl sites for hydroxylation is 1. The minimum absolute atomic E-state index is 0.261. The number of H-pyrrole nitrogens is 1. The van der Waals surface area contributed by atoms with E-state index in [1.807, 2.05) is 0 Å². The lowest BCUT2D eigenvalue weighted by atomic mass is 10.4. The number of halogens is 1. The molecule has 2 aromatic rings. The van der Waals surface area contributed by atoms with Crippen molar-refractivity contribution in [1.82, 2.24) is 25.1 Å². The average Bonchev–Trinajstić information content (AvgIpc) is 2.69. The summed E-state index contributed by atoms with van der Waals surface area (Å²) in [5.41, 5.74) is 0.656. The topological polar surface area (TPSA) is 76.6 Å². The Balaban J connectivity index is 2.53. The summed E-state index contributed by atoms with van der Waals surface area (Å²) in [4.78, 5) is 12.2. The molecule has 78 valence electrons. The van der Waals surface area contributed by atoms with Crippen LogP contribution in [0.25, 0.3) is 11.6 Å². The van der Waals surface area contributed by atoms with E-state index in [4.69, 9.17) is 16.3 Å². The molecular weight excluding hydrogens is 218 g/mol. The first-order valence-corrected chi connectivity index (χ1v) is 4.54. The molecule has 0 radical (unpaired) electrons. The van der Waals surface area contributed by atoms with Gasteiger partial charge in [-0.2, -0.15) is 5.10 Å². The summed E-state index contributed by atoms with van der Waals surface area (Å²) in [5, 5.41) is 6.63. The number of ether oxygens (including phenoxy) is 1. The third-order valence-corrected chi connectivity index (χ3v) is 2.08. The number of nitrogens with one attached hydrogen (secondary N) is 1. The predicted octanol–water partition coefficient (Wildman–Crippen LogP) is 1.23. The smallest absolute Gasteiger partial charge is 0.199 e. The van der Waals surface area contributed by atoms with Gasteiger partial charge >= 0.3 is 0 Å². The molecule has 0 aliphatic carbocycles. The minimum atomic E-state index is 0.261. The molecule has 0 spiro atoms. The molecule has 0 fully saturated rings. The standard InChI is InChI=1S/C8H8ClN5O/c1-4-5(15-2)6(9)13-8(12-4)7-10-3-11-14-7/h3H,1-2H3,(H,10,11,14). The van der Waals surface area contributed by atoms with Gasteiger partial charge in [-0.25, -0.2) is 15.0 Å². The van der Waals surface area contributed by atoms with Crippen LogP contribution >= 0.6 is 11.6 Å². The second-order valence-electron chi connectivity index (χ2n) is 2.79. The second kappa shape index (κ2) is 3.82. The van der Waals surface area contributed by atoms with Crippen molar-refractivity contribution in [3.05, 3.63) is 17.2 Å². The van der Waals surface area contributed by atoms with Crippen molar-refractivity contribution in [3.63, 3.8) is 0 Å². The minimum Gasteiger partial charge on any atom is -0.492 e. The summed E-state index contributed by atoms with van der Waals surface area (Å²) >= 11 is 5.91. The first-order valence-electron chi connectivity index (χ1n) is 4.16. The summed E-state index contributed by atoms with van der Waals surface area (Å²) in [6.07, 6.45) is 1.38. The molecule has 0 aliphatic rings. The molecule has 0 atom stereocenters. The van der Waals surface area contributed by atoms with Crippen molar-refractivity contribution in [2.75, 3.05) is 7.11 Å². The molecule has 0 aromatic carbocycles. The molecule has 6 nitrogen and oxygen atoms in total. The van der Waals surface area contributed by atoms with Crippen LogP contribution in [0.2, 0.25) is 5.15 Å². The molecule has 2 heterocycles. The zero-order chi connectivity index (χ0) is 10.8. The van der Waals surface area contributed by atoms with Crippen LogP contribution in [0.4, 0.5) is 0 Å². The van der Waals surface area contributed by atoms with Gasteiger partial charge in [0.15, 0.2) is 22.6 Å². The average molecular weight is 226 g/mol. The summed E-state index contributed by atoms with van der Waals surface area (Å²) in [6, 6.07) is 0. The van der Waals surface area contributed by atoms with Crippen LogP contribution < -0.4 is 4.74 Å². The SMILES string of the molecule is COc1c(C)nc(-c2ncn[nH]2)nc1Cl. The van der Waals surface area contributed by atoms with Crippen LogP contribution in [0, 0.1) is 6.92 Å². The Morgan fingerprint density at radius 3 is 2.73 bits per heavy atom. The highest BCUT2D eigenvalue weighted by Gasteiger charge is 2.12. The zero-order valence-electron chi connectivity index (χ0n) is 8.15. The number of aromatic nitrogens is 5. The molecular formula is C8H8ClN5O. The van der Waals surface area contributed by atoms with Crippen molar-refractivity contribution in [1.29, 1.82) is 0 Å². The van der Waals surface area contributed by atoms with Crippen LogP contribution in [0.3, 0.4) is 0 Å². The molecule has 15 heavy (non-hydrogen) atoms. The highest BCUT2D eigenvalue weighted by Crippen LogP contribution is 2.26. The summed E-state index contributed by atoms with van der Waals surface area (Å²) in [7, 11) is 1.52. The Bertz CT molecular complexity index is 447. The van der Waals surface area contributed by atoms with E-state index >= 15 is 0 Å². The number of aromatic amines is 1. The number of hydrogen-bond acceptors (Lipinski definition) is 5. The Morgan fingerprint density at radius 2 is 2.20 bits per heavy atom. The third kappa shape index (κ3) is 1.75. The van der Waals surface area contributed by atoms with E-state index in [-0.39, 0.29) is 5.15 Å². The zero-order valence-corrected chi connectivity index (χ0v) is 8.91. The Labute approximate surface area is 90.7 Å².